The van der Waals surface area contributed by atoms with Gasteiger partial charge in [-0.15, -0.1) is 0 Å². The Labute approximate surface area is 103 Å². The number of thioether (sulfide) groups is 1. The van der Waals surface area contributed by atoms with Gasteiger partial charge < -0.3 is 10.5 Å². The van der Waals surface area contributed by atoms with Crippen LogP contribution in [-0.4, -0.2) is 24.7 Å². The van der Waals surface area contributed by atoms with Crippen LogP contribution in [0.25, 0.3) is 0 Å². The summed E-state index contributed by atoms with van der Waals surface area (Å²) in [5, 5.41) is 0. The quantitative estimate of drug-likeness (QED) is 0.743. The van der Waals surface area contributed by atoms with Crippen LogP contribution in [0.5, 0.6) is 5.75 Å². The molecule has 0 fully saturated rings. The number of benzene rings is 1. The number of nitrogens with two attached hydrogens (primary N) is 1. The van der Waals surface area contributed by atoms with Crippen LogP contribution in [-0.2, 0) is 0 Å². The Hall–Kier alpha value is -0.670. The summed E-state index contributed by atoms with van der Waals surface area (Å²) in [6, 6.07) is 8.35. The van der Waals surface area contributed by atoms with E-state index < -0.39 is 0 Å². The first-order chi connectivity index (χ1) is 7.74. The monoisotopic (exact) mass is 239 g/mol. The van der Waals surface area contributed by atoms with Crippen LogP contribution < -0.4 is 10.5 Å². The van der Waals surface area contributed by atoms with E-state index in [9.17, 15) is 0 Å². The standard InChI is InChI=1S/C13H21NOS/c1-11(2)12-3-5-13(6-4-12)15-8-10-16-9-7-14/h3-6,11H,7-10,14H2,1-2H3. The van der Waals surface area contributed by atoms with Gasteiger partial charge in [-0.25, -0.2) is 0 Å². The van der Waals surface area contributed by atoms with E-state index >= 15 is 0 Å². The number of hydrogen-bond acceptors (Lipinski definition) is 3. The van der Waals surface area contributed by atoms with Gasteiger partial charge in [0.1, 0.15) is 5.75 Å². The first-order valence-electron chi connectivity index (χ1n) is 5.74. The Kier molecular flexibility index (Phi) is 6.34. The molecule has 0 amide bonds. The fraction of sp³-hybridized carbons (Fsp3) is 0.538. The molecule has 0 atom stereocenters. The average molecular weight is 239 g/mol. The van der Waals surface area contributed by atoms with E-state index in [1.807, 2.05) is 23.9 Å². The zero-order chi connectivity index (χ0) is 11.8. The van der Waals surface area contributed by atoms with Crippen molar-refractivity contribution in [1.29, 1.82) is 0 Å². The second-order valence-corrected chi connectivity index (χ2v) is 5.20. The molecule has 90 valence electrons. The van der Waals surface area contributed by atoms with Gasteiger partial charge in [0.15, 0.2) is 0 Å². The summed E-state index contributed by atoms with van der Waals surface area (Å²) in [5.41, 5.74) is 6.76. The maximum atomic E-state index is 5.63. The van der Waals surface area contributed by atoms with Crippen molar-refractivity contribution in [2.75, 3.05) is 24.7 Å². The van der Waals surface area contributed by atoms with Crippen molar-refractivity contribution in [2.24, 2.45) is 5.73 Å². The molecule has 0 radical (unpaired) electrons. The molecular weight excluding hydrogens is 218 g/mol. The minimum atomic E-state index is 0.578. The van der Waals surface area contributed by atoms with Crippen LogP contribution in [0.15, 0.2) is 24.3 Å². The lowest BCUT2D eigenvalue weighted by molar-refractivity contribution is 0.344. The SMILES string of the molecule is CC(C)c1ccc(OCCSCCN)cc1. The number of hydrogen-bond donors (Lipinski definition) is 1. The molecule has 0 aliphatic rings. The highest BCUT2D eigenvalue weighted by molar-refractivity contribution is 7.99. The Morgan fingerprint density at radius 2 is 1.88 bits per heavy atom. The van der Waals surface area contributed by atoms with Gasteiger partial charge in [-0.1, -0.05) is 26.0 Å². The fourth-order valence-electron chi connectivity index (χ4n) is 1.35. The summed E-state index contributed by atoms with van der Waals surface area (Å²) < 4.78 is 5.63. The first kappa shape index (κ1) is 13.4. The minimum absolute atomic E-state index is 0.578. The van der Waals surface area contributed by atoms with E-state index in [2.05, 4.69) is 26.0 Å². The van der Waals surface area contributed by atoms with Gasteiger partial charge in [0, 0.05) is 18.1 Å². The van der Waals surface area contributed by atoms with Crippen molar-refractivity contribution in [3.8, 4) is 5.75 Å². The number of rotatable bonds is 7. The maximum Gasteiger partial charge on any atom is 0.119 e. The molecule has 1 aromatic rings. The predicted octanol–water partition coefficient (Wildman–Crippen LogP) is 2.88. The lowest BCUT2D eigenvalue weighted by Crippen LogP contribution is -2.05. The molecule has 0 saturated heterocycles. The molecule has 2 nitrogen and oxygen atoms in total. The summed E-state index contributed by atoms with van der Waals surface area (Å²) >= 11 is 1.83. The van der Waals surface area contributed by atoms with Crippen molar-refractivity contribution in [2.45, 2.75) is 19.8 Å². The van der Waals surface area contributed by atoms with Crippen LogP contribution in [0.1, 0.15) is 25.3 Å². The van der Waals surface area contributed by atoms with Gasteiger partial charge in [0.2, 0.25) is 0 Å². The molecule has 0 bridgehead atoms. The van der Waals surface area contributed by atoms with Gasteiger partial charge in [0.25, 0.3) is 0 Å². The normalized spacial score (nSPS) is 10.8. The van der Waals surface area contributed by atoms with Gasteiger partial charge in [-0.3, -0.25) is 0 Å². The minimum Gasteiger partial charge on any atom is -0.493 e. The molecule has 2 N–H and O–H groups in total. The second-order valence-electron chi connectivity index (χ2n) is 3.97. The molecule has 16 heavy (non-hydrogen) atoms. The molecular formula is C13H21NOS. The third kappa shape index (κ3) is 4.90. The molecule has 1 aromatic carbocycles. The Balaban J connectivity index is 2.27. The van der Waals surface area contributed by atoms with E-state index in [1.54, 1.807) is 0 Å². The lowest BCUT2D eigenvalue weighted by Gasteiger charge is -2.08. The number of ether oxygens (including phenoxy) is 1. The Morgan fingerprint density at radius 1 is 1.19 bits per heavy atom. The van der Waals surface area contributed by atoms with Crippen molar-refractivity contribution in [1.82, 2.24) is 0 Å². The van der Waals surface area contributed by atoms with Gasteiger partial charge in [0.05, 0.1) is 6.61 Å². The van der Waals surface area contributed by atoms with Gasteiger partial charge in [-0.2, -0.15) is 11.8 Å². The predicted molar refractivity (Wildman–Crippen MR) is 72.4 cm³/mol. The molecule has 0 aromatic heterocycles. The average Bonchev–Trinajstić information content (AvgIpc) is 2.29. The Bertz CT molecular complexity index is 284. The summed E-state index contributed by atoms with van der Waals surface area (Å²) in [4.78, 5) is 0. The molecule has 0 aliphatic heterocycles. The van der Waals surface area contributed by atoms with Crippen LogP contribution >= 0.6 is 11.8 Å². The summed E-state index contributed by atoms with van der Waals surface area (Å²) in [6.07, 6.45) is 0. The van der Waals surface area contributed by atoms with Crippen molar-refractivity contribution in [3.63, 3.8) is 0 Å². The topological polar surface area (TPSA) is 35.2 Å². The third-order valence-electron chi connectivity index (χ3n) is 2.31. The van der Waals surface area contributed by atoms with Crippen molar-refractivity contribution < 1.29 is 4.74 Å². The smallest absolute Gasteiger partial charge is 0.119 e. The fourth-order valence-corrected chi connectivity index (χ4v) is 1.92. The van der Waals surface area contributed by atoms with Crippen molar-refractivity contribution >= 4 is 11.8 Å². The van der Waals surface area contributed by atoms with Gasteiger partial charge >= 0.3 is 0 Å². The highest BCUT2D eigenvalue weighted by Crippen LogP contribution is 2.18. The molecule has 3 heteroatoms. The van der Waals surface area contributed by atoms with E-state index in [-0.39, 0.29) is 0 Å². The second kappa shape index (κ2) is 7.58. The maximum absolute atomic E-state index is 5.63. The lowest BCUT2D eigenvalue weighted by atomic mass is 10.0. The zero-order valence-electron chi connectivity index (χ0n) is 10.1. The highest BCUT2D eigenvalue weighted by atomic mass is 32.2. The van der Waals surface area contributed by atoms with Crippen LogP contribution in [0, 0.1) is 0 Å². The summed E-state index contributed by atoms with van der Waals surface area (Å²) in [6.45, 7) is 5.89. The zero-order valence-corrected chi connectivity index (χ0v) is 10.9. The molecule has 0 spiro atoms. The summed E-state index contributed by atoms with van der Waals surface area (Å²) in [7, 11) is 0. The Morgan fingerprint density at radius 3 is 2.44 bits per heavy atom. The van der Waals surface area contributed by atoms with Crippen LogP contribution in [0.2, 0.25) is 0 Å². The van der Waals surface area contributed by atoms with E-state index in [1.165, 1.54) is 5.56 Å². The summed E-state index contributed by atoms with van der Waals surface area (Å²) in [5.74, 6) is 3.55. The van der Waals surface area contributed by atoms with E-state index in [0.29, 0.717) is 5.92 Å². The molecule has 1 rings (SSSR count). The first-order valence-corrected chi connectivity index (χ1v) is 6.90. The molecule has 0 heterocycles. The van der Waals surface area contributed by atoms with Crippen LogP contribution in [0.4, 0.5) is 0 Å². The van der Waals surface area contributed by atoms with Gasteiger partial charge in [-0.05, 0) is 23.6 Å². The molecule has 0 aliphatic carbocycles. The van der Waals surface area contributed by atoms with E-state index in [0.717, 1.165) is 30.4 Å². The van der Waals surface area contributed by atoms with E-state index in [4.69, 9.17) is 10.5 Å². The van der Waals surface area contributed by atoms with Crippen LogP contribution in [0.3, 0.4) is 0 Å². The third-order valence-corrected chi connectivity index (χ3v) is 3.29. The highest BCUT2D eigenvalue weighted by Gasteiger charge is 1.99. The molecule has 0 unspecified atom stereocenters. The molecule has 0 saturated carbocycles. The largest absolute Gasteiger partial charge is 0.493 e. The van der Waals surface area contributed by atoms with Crippen molar-refractivity contribution in [3.05, 3.63) is 29.8 Å².